The summed E-state index contributed by atoms with van der Waals surface area (Å²) in [5.74, 6) is 0.906. The number of unbranched alkanes of at least 4 members (excludes halogenated alkanes) is 1. The maximum absolute atomic E-state index is 5.59. The fourth-order valence-electron chi connectivity index (χ4n) is 3.35. The lowest BCUT2D eigenvalue weighted by Gasteiger charge is -2.30. The first-order valence-electron chi connectivity index (χ1n) is 9.85. The van der Waals surface area contributed by atoms with Gasteiger partial charge in [-0.2, -0.15) is 0 Å². The Morgan fingerprint density at radius 2 is 1.80 bits per heavy atom. The maximum Gasteiger partial charge on any atom is 0.190 e. The van der Waals surface area contributed by atoms with Crippen LogP contribution in [0.15, 0.2) is 4.99 Å². The van der Waals surface area contributed by atoms with E-state index in [4.69, 9.17) is 14.2 Å². The Balaban J connectivity index is 2.17. The van der Waals surface area contributed by atoms with E-state index in [9.17, 15) is 0 Å². The topological polar surface area (TPSA) is 64.1 Å². The molecule has 0 amide bonds. The quantitative estimate of drug-likeness (QED) is 0.284. The van der Waals surface area contributed by atoms with Crippen molar-refractivity contribution < 1.29 is 14.2 Å². The lowest BCUT2D eigenvalue weighted by molar-refractivity contribution is 0.0689. The normalized spacial score (nSPS) is 17.0. The van der Waals surface area contributed by atoms with Crippen molar-refractivity contribution in [1.29, 1.82) is 0 Å². The van der Waals surface area contributed by atoms with Crippen LogP contribution in [0.4, 0.5) is 0 Å². The van der Waals surface area contributed by atoms with Crippen LogP contribution in [0.25, 0.3) is 0 Å². The molecule has 0 bridgehead atoms. The van der Waals surface area contributed by atoms with Crippen molar-refractivity contribution in [1.82, 2.24) is 10.6 Å². The molecule has 148 valence electrons. The highest BCUT2D eigenvalue weighted by atomic mass is 16.5. The van der Waals surface area contributed by atoms with Gasteiger partial charge < -0.3 is 24.8 Å². The summed E-state index contributed by atoms with van der Waals surface area (Å²) in [5.41, 5.74) is 0.377. The zero-order chi connectivity index (χ0) is 18.2. The van der Waals surface area contributed by atoms with E-state index in [1.807, 2.05) is 7.05 Å². The monoisotopic (exact) mass is 357 g/mol. The average Bonchev–Trinajstić information content (AvgIpc) is 3.09. The maximum atomic E-state index is 5.59. The molecule has 0 aromatic carbocycles. The summed E-state index contributed by atoms with van der Waals surface area (Å²) in [6.07, 6.45) is 8.52. The smallest absolute Gasteiger partial charge is 0.190 e. The third-order valence-electron chi connectivity index (χ3n) is 4.94. The van der Waals surface area contributed by atoms with E-state index in [2.05, 4.69) is 22.5 Å². The molecule has 6 nitrogen and oxygen atoms in total. The zero-order valence-corrected chi connectivity index (χ0v) is 16.6. The molecule has 0 aromatic rings. The van der Waals surface area contributed by atoms with Gasteiger partial charge in [0.1, 0.15) is 0 Å². The van der Waals surface area contributed by atoms with Crippen molar-refractivity contribution in [3.8, 4) is 0 Å². The minimum Gasteiger partial charge on any atom is -0.382 e. The third kappa shape index (κ3) is 10.0. The van der Waals surface area contributed by atoms with Crippen LogP contribution in [0, 0.1) is 5.41 Å². The molecule has 25 heavy (non-hydrogen) atoms. The van der Waals surface area contributed by atoms with Crippen LogP contribution in [-0.2, 0) is 14.2 Å². The molecular weight excluding hydrogens is 318 g/mol. The molecule has 0 radical (unpaired) electrons. The summed E-state index contributed by atoms with van der Waals surface area (Å²) in [4.78, 5) is 4.35. The van der Waals surface area contributed by atoms with Crippen LogP contribution in [0.2, 0.25) is 0 Å². The number of nitrogens with zero attached hydrogens (tertiary/aromatic N) is 1. The van der Waals surface area contributed by atoms with Crippen LogP contribution in [0.3, 0.4) is 0 Å². The molecule has 0 saturated heterocycles. The molecule has 1 rings (SSSR count). The first kappa shape index (κ1) is 22.2. The van der Waals surface area contributed by atoms with E-state index in [1.54, 1.807) is 7.11 Å². The van der Waals surface area contributed by atoms with Crippen LogP contribution in [0.1, 0.15) is 51.9 Å². The van der Waals surface area contributed by atoms with Gasteiger partial charge in [-0.1, -0.05) is 12.8 Å². The number of guanidine groups is 1. The number of aliphatic imine (C=N–C) groups is 1. The molecule has 1 aliphatic rings. The van der Waals surface area contributed by atoms with Gasteiger partial charge in [0.15, 0.2) is 5.96 Å². The van der Waals surface area contributed by atoms with E-state index in [-0.39, 0.29) is 0 Å². The van der Waals surface area contributed by atoms with Gasteiger partial charge >= 0.3 is 0 Å². The zero-order valence-electron chi connectivity index (χ0n) is 16.6. The molecule has 0 spiro atoms. The minimum atomic E-state index is 0.377. The summed E-state index contributed by atoms with van der Waals surface area (Å²) < 4.78 is 16.0. The number of hydrogen-bond acceptors (Lipinski definition) is 4. The molecule has 6 heteroatoms. The molecule has 0 aromatic heterocycles. The standard InChI is InChI=1S/C19H39N3O3/c1-4-24-14-11-19(9-5-6-10-19)17-22-18(20-2)21-12-7-8-13-25-16-15-23-3/h4-17H2,1-3H3,(H2,20,21,22). The third-order valence-corrected chi connectivity index (χ3v) is 4.94. The second-order valence-electron chi connectivity index (χ2n) is 6.82. The number of nitrogens with one attached hydrogen (secondary N) is 2. The molecule has 0 unspecified atom stereocenters. The fourth-order valence-corrected chi connectivity index (χ4v) is 3.35. The number of rotatable bonds is 14. The van der Waals surface area contributed by atoms with Crippen molar-refractivity contribution in [2.45, 2.75) is 51.9 Å². The highest BCUT2D eigenvalue weighted by Gasteiger charge is 2.33. The minimum absolute atomic E-state index is 0.377. The summed E-state index contributed by atoms with van der Waals surface area (Å²) >= 11 is 0. The van der Waals surface area contributed by atoms with Crippen LogP contribution in [-0.4, -0.2) is 66.2 Å². The van der Waals surface area contributed by atoms with Gasteiger partial charge in [-0.15, -0.1) is 0 Å². The molecular formula is C19H39N3O3. The fraction of sp³-hybridized carbons (Fsp3) is 0.947. The molecule has 1 fully saturated rings. The van der Waals surface area contributed by atoms with Crippen LogP contribution >= 0.6 is 0 Å². The molecule has 2 N–H and O–H groups in total. The van der Waals surface area contributed by atoms with Crippen LogP contribution < -0.4 is 10.6 Å². The van der Waals surface area contributed by atoms with Crippen molar-refractivity contribution in [3.05, 3.63) is 0 Å². The van der Waals surface area contributed by atoms with E-state index in [0.29, 0.717) is 18.6 Å². The number of methoxy groups -OCH3 is 1. The lowest BCUT2D eigenvalue weighted by Crippen LogP contribution is -2.43. The van der Waals surface area contributed by atoms with Gasteiger partial charge in [-0.25, -0.2) is 0 Å². The highest BCUT2D eigenvalue weighted by Crippen LogP contribution is 2.40. The average molecular weight is 358 g/mol. The van der Waals surface area contributed by atoms with Crippen molar-refractivity contribution in [3.63, 3.8) is 0 Å². The second-order valence-corrected chi connectivity index (χ2v) is 6.82. The van der Waals surface area contributed by atoms with E-state index in [0.717, 1.165) is 58.1 Å². The SMILES string of the molecule is CCOCCC1(CNC(=NC)NCCCCOCCOC)CCCC1. The predicted octanol–water partition coefficient (Wildman–Crippen LogP) is 2.58. The van der Waals surface area contributed by atoms with Gasteiger partial charge in [-0.05, 0) is 44.4 Å². The number of hydrogen-bond donors (Lipinski definition) is 2. The Kier molecular flexibility index (Phi) is 12.7. The number of ether oxygens (including phenoxy) is 3. The molecule has 0 heterocycles. The second kappa shape index (κ2) is 14.3. The molecule has 1 aliphatic carbocycles. The molecule has 0 atom stereocenters. The Labute approximate surface area is 154 Å². The lowest BCUT2D eigenvalue weighted by atomic mass is 9.83. The summed E-state index contributed by atoms with van der Waals surface area (Å²) in [5, 5.41) is 6.94. The largest absolute Gasteiger partial charge is 0.382 e. The van der Waals surface area contributed by atoms with Gasteiger partial charge in [-0.3, -0.25) is 4.99 Å². The van der Waals surface area contributed by atoms with E-state index < -0.39 is 0 Å². The Bertz CT molecular complexity index is 345. The Morgan fingerprint density at radius 1 is 1.00 bits per heavy atom. The van der Waals surface area contributed by atoms with Gasteiger partial charge in [0.2, 0.25) is 0 Å². The molecule has 1 saturated carbocycles. The first-order valence-corrected chi connectivity index (χ1v) is 9.85. The van der Waals surface area contributed by atoms with E-state index in [1.165, 1.54) is 25.7 Å². The summed E-state index contributed by atoms with van der Waals surface area (Å²) in [6.45, 7) is 7.77. The van der Waals surface area contributed by atoms with E-state index >= 15 is 0 Å². The van der Waals surface area contributed by atoms with Gasteiger partial charge in [0, 0.05) is 47.1 Å². The Morgan fingerprint density at radius 3 is 2.48 bits per heavy atom. The van der Waals surface area contributed by atoms with Crippen molar-refractivity contribution in [2.24, 2.45) is 10.4 Å². The van der Waals surface area contributed by atoms with Crippen molar-refractivity contribution >= 4 is 5.96 Å². The summed E-state index contributed by atoms with van der Waals surface area (Å²) in [7, 11) is 3.53. The van der Waals surface area contributed by atoms with Gasteiger partial charge in [0.05, 0.1) is 13.2 Å². The first-order chi connectivity index (χ1) is 12.3. The highest BCUT2D eigenvalue weighted by molar-refractivity contribution is 5.79. The predicted molar refractivity (Wildman–Crippen MR) is 103 cm³/mol. The van der Waals surface area contributed by atoms with Crippen molar-refractivity contribution in [2.75, 3.05) is 60.3 Å². The molecule has 0 aliphatic heterocycles. The Hall–Kier alpha value is -0.850. The summed E-state index contributed by atoms with van der Waals surface area (Å²) in [6, 6.07) is 0. The van der Waals surface area contributed by atoms with Crippen LogP contribution in [0.5, 0.6) is 0 Å². The van der Waals surface area contributed by atoms with Gasteiger partial charge in [0.25, 0.3) is 0 Å².